The predicted octanol–water partition coefficient (Wildman–Crippen LogP) is 2.60. The minimum absolute atomic E-state index is 0.181. The number of carboxylic acids is 1. The number of halogens is 5. The molecular formula is C15H14F5NO4. The van der Waals surface area contributed by atoms with Gasteiger partial charge in [0.25, 0.3) is 5.91 Å². The van der Waals surface area contributed by atoms with Crippen LogP contribution in [0, 0.1) is 17.0 Å². The van der Waals surface area contributed by atoms with Crippen LogP contribution < -0.4 is 4.74 Å². The summed E-state index contributed by atoms with van der Waals surface area (Å²) in [6.07, 6.45) is -7.09. The first-order valence-corrected chi connectivity index (χ1v) is 7.18. The van der Waals surface area contributed by atoms with Gasteiger partial charge in [-0.1, -0.05) is 0 Å². The van der Waals surface area contributed by atoms with E-state index in [1.54, 1.807) is 0 Å². The topological polar surface area (TPSA) is 66.8 Å². The summed E-state index contributed by atoms with van der Waals surface area (Å²) >= 11 is 0. The standard InChI is InChI=1S/C15H14F5NO4/c1-8(25-9-2-3-10(16)11(17)6-9)12(22)21-5-4-14(7-21,13(23)24)15(18,19)20/h2-3,6,8H,4-5,7H2,1H3,(H,23,24). The summed E-state index contributed by atoms with van der Waals surface area (Å²) in [4.78, 5) is 24.1. The molecule has 0 radical (unpaired) electrons. The highest BCUT2D eigenvalue weighted by Gasteiger charge is 2.64. The van der Waals surface area contributed by atoms with Crippen LogP contribution in [0.2, 0.25) is 0 Å². The van der Waals surface area contributed by atoms with E-state index in [0.29, 0.717) is 6.07 Å². The highest BCUT2D eigenvalue weighted by Crippen LogP contribution is 2.45. The molecule has 2 rings (SSSR count). The van der Waals surface area contributed by atoms with Gasteiger partial charge in [0.2, 0.25) is 0 Å². The first kappa shape index (κ1) is 18.9. The summed E-state index contributed by atoms with van der Waals surface area (Å²) in [6.45, 7) is -0.218. The minimum Gasteiger partial charge on any atom is -0.481 e. The third kappa shape index (κ3) is 3.52. The number of carbonyl (C=O) groups is 2. The van der Waals surface area contributed by atoms with Crippen molar-refractivity contribution < 1.29 is 41.4 Å². The van der Waals surface area contributed by atoms with Crippen molar-refractivity contribution in [2.24, 2.45) is 5.41 Å². The van der Waals surface area contributed by atoms with Crippen LogP contribution in [0.5, 0.6) is 5.75 Å². The van der Waals surface area contributed by atoms with E-state index in [0.717, 1.165) is 17.0 Å². The quantitative estimate of drug-likeness (QED) is 0.831. The second kappa shape index (κ2) is 6.49. The molecule has 1 saturated heterocycles. The molecular weight excluding hydrogens is 353 g/mol. The van der Waals surface area contributed by atoms with Crippen molar-refractivity contribution in [2.75, 3.05) is 13.1 Å². The van der Waals surface area contributed by atoms with Crippen LogP contribution in [0.3, 0.4) is 0 Å². The average molecular weight is 367 g/mol. The van der Waals surface area contributed by atoms with Crippen LogP contribution in [-0.4, -0.2) is 47.3 Å². The van der Waals surface area contributed by atoms with Crippen molar-refractivity contribution in [1.82, 2.24) is 4.90 Å². The molecule has 0 aliphatic carbocycles. The van der Waals surface area contributed by atoms with E-state index in [1.807, 2.05) is 0 Å². The molecule has 1 aliphatic heterocycles. The number of alkyl halides is 3. The van der Waals surface area contributed by atoms with Crippen LogP contribution in [0.1, 0.15) is 13.3 Å². The van der Waals surface area contributed by atoms with E-state index >= 15 is 0 Å². The van der Waals surface area contributed by atoms with E-state index in [2.05, 4.69) is 0 Å². The molecule has 1 N–H and O–H groups in total. The van der Waals surface area contributed by atoms with Crippen molar-refractivity contribution in [3.8, 4) is 5.75 Å². The largest absolute Gasteiger partial charge is 0.481 e. The Balaban J connectivity index is 2.10. The maximum Gasteiger partial charge on any atom is 0.406 e. The Hall–Kier alpha value is -2.39. The zero-order valence-electron chi connectivity index (χ0n) is 12.9. The van der Waals surface area contributed by atoms with Gasteiger partial charge in [-0.15, -0.1) is 0 Å². The van der Waals surface area contributed by atoms with Crippen LogP contribution in [0.25, 0.3) is 0 Å². The van der Waals surface area contributed by atoms with Gasteiger partial charge in [-0.2, -0.15) is 13.2 Å². The van der Waals surface area contributed by atoms with Gasteiger partial charge in [0.15, 0.2) is 23.2 Å². The summed E-state index contributed by atoms with van der Waals surface area (Å²) in [5.41, 5.74) is -3.02. The Kier molecular flexibility index (Phi) is 4.92. The molecule has 2 atom stereocenters. The highest BCUT2D eigenvalue weighted by atomic mass is 19.4. The van der Waals surface area contributed by atoms with Crippen LogP contribution in [0.15, 0.2) is 18.2 Å². The van der Waals surface area contributed by atoms with Gasteiger partial charge >= 0.3 is 12.1 Å². The molecule has 1 aromatic rings. The van der Waals surface area contributed by atoms with Gasteiger partial charge in [-0.25, -0.2) is 8.78 Å². The molecule has 2 unspecified atom stereocenters. The van der Waals surface area contributed by atoms with Gasteiger partial charge in [0.1, 0.15) is 5.75 Å². The molecule has 0 bridgehead atoms. The maximum atomic E-state index is 13.1. The lowest BCUT2D eigenvalue weighted by Gasteiger charge is -2.28. The zero-order valence-corrected chi connectivity index (χ0v) is 12.9. The molecule has 0 aromatic heterocycles. The number of carbonyl (C=O) groups excluding carboxylic acids is 1. The average Bonchev–Trinajstić information content (AvgIpc) is 2.96. The molecule has 5 nitrogen and oxygen atoms in total. The monoisotopic (exact) mass is 367 g/mol. The number of hydrogen-bond donors (Lipinski definition) is 1. The molecule has 1 amide bonds. The van der Waals surface area contributed by atoms with Crippen LogP contribution in [0.4, 0.5) is 22.0 Å². The number of likely N-dealkylation sites (tertiary alicyclic amines) is 1. The Bertz CT molecular complexity index is 693. The van der Waals surface area contributed by atoms with E-state index in [1.165, 1.54) is 6.92 Å². The smallest absolute Gasteiger partial charge is 0.406 e. The lowest BCUT2D eigenvalue weighted by atomic mass is 9.86. The lowest BCUT2D eigenvalue weighted by molar-refractivity contribution is -0.227. The van der Waals surface area contributed by atoms with Gasteiger partial charge < -0.3 is 14.7 Å². The molecule has 0 saturated carbocycles. The summed E-state index contributed by atoms with van der Waals surface area (Å²) in [5, 5.41) is 8.96. The van der Waals surface area contributed by atoms with Crippen molar-refractivity contribution in [3.63, 3.8) is 0 Å². The number of aliphatic carboxylic acids is 1. The Morgan fingerprint density at radius 3 is 2.40 bits per heavy atom. The fourth-order valence-corrected chi connectivity index (χ4v) is 2.59. The van der Waals surface area contributed by atoms with Crippen LogP contribution in [-0.2, 0) is 9.59 Å². The van der Waals surface area contributed by atoms with Gasteiger partial charge in [0.05, 0.1) is 0 Å². The van der Waals surface area contributed by atoms with E-state index in [9.17, 15) is 31.5 Å². The molecule has 1 heterocycles. The van der Waals surface area contributed by atoms with Crippen molar-refractivity contribution in [2.45, 2.75) is 25.6 Å². The lowest BCUT2D eigenvalue weighted by Crippen LogP contribution is -2.49. The van der Waals surface area contributed by atoms with Crippen LogP contribution >= 0.6 is 0 Å². The molecule has 0 spiro atoms. The summed E-state index contributed by atoms with van der Waals surface area (Å²) < 4.78 is 70.4. The summed E-state index contributed by atoms with van der Waals surface area (Å²) in [6, 6.07) is 2.53. The predicted molar refractivity (Wildman–Crippen MR) is 73.8 cm³/mol. The highest BCUT2D eigenvalue weighted by molar-refractivity contribution is 5.84. The second-order valence-electron chi connectivity index (χ2n) is 5.73. The van der Waals surface area contributed by atoms with E-state index in [4.69, 9.17) is 9.84 Å². The molecule has 1 fully saturated rings. The molecule has 1 aromatic carbocycles. The number of amides is 1. The fourth-order valence-electron chi connectivity index (χ4n) is 2.59. The third-order valence-corrected chi connectivity index (χ3v) is 4.08. The Morgan fingerprint density at radius 1 is 1.28 bits per heavy atom. The first-order valence-electron chi connectivity index (χ1n) is 7.18. The number of rotatable bonds is 4. The molecule has 25 heavy (non-hydrogen) atoms. The van der Waals surface area contributed by atoms with Gasteiger partial charge in [-0.3, -0.25) is 9.59 Å². The van der Waals surface area contributed by atoms with Gasteiger partial charge in [-0.05, 0) is 25.5 Å². The molecule has 1 aliphatic rings. The Labute approximate surface area is 139 Å². The number of carboxylic acid groups (broad SMARTS) is 1. The minimum atomic E-state index is -5.02. The zero-order chi connectivity index (χ0) is 19.0. The maximum absolute atomic E-state index is 13.1. The number of nitrogens with zero attached hydrogens (tertiary/aromatic N) is 1. The van der Waals surface area contributed by atoms with E-state index in [-0.39, 0.29) is 5.75 Å². The molecule has 10 heteroatoms. The third-order valence-electron chi connectivity index (χ3n) is 4.08. The fraction of sp³-hybridized carbons (Fsp3) is 0.467. The first-order chi connectivity index (χ1) is 11.5. The summed E-state index contributed by atoms with van der Waals surface area (Å²) in [5.74, 6) is -5.44. The van der Waals surface area contributed by atoms with Crippen molar-refractivity contribution in [3.05, 3.63) is 29.8 Å². The number of ether oxygens (including phenoxy) is 1. The Morgan fingerprint density at radius 2 is 1.92 bits per heavy atom. The number of benzene rings is 1. The van der Waals surface area contributed by atoms with E-state index < -0.39 is 60.7 Å². The summed E-state index contributed by atoms with van der Waals surface area (Å²) in [7, 11) is 0. The number of hydrogen-bond acceptors (Lipinski definition) is 3. The van der Waals surface area contributed by atoms with Crippen molar-refractivity contribution in [1.29, 1.82) is 0 Å². The second-order valence-corrected chi connectivity index (χ2v) is 5.73. The molecule has 138 valence electrons. The van der Waals surface area contributed by atoms with Gasteiger partial charge in [0, 0.05) is 19.2 Å². The normalized spacial score (nSPS) is 21.9. The van der Waals surface area contributed by atoms with Crippen molar-refractivity contribution >= 4 is 11.9 Å². The SMILES string of the molecule is CC(Oc1ccc(F)c(F)c1)C(=O)N1CCC(C(=O)O)(C(F)(F)F)C1.